The van der Waals surface area contributed by atoms with Crippen molar-refractivity contribution in [3.63, 3.8) is 0 Å². The Morgan fingerprint density at radius 3 is 2.77 bits per heavy atom. The van der Waals surface area contributed by atoms with Gasteiger partial charge >= 0.3 is 0 Å². The van der Waals surface area contributed by atoms with Crippen molar-refractivity contribution in [1.82, 2.24) is 15.2 Å². The van der Waals surface area contributed by atoms with E-state index in [0.717, 1.165) is 24.9 Å². The Labute approximate surface area is 207 Å². The van der Waals surface area contributed by atoms with Crippen molar-refractivity contribution in [3.05, 3.63) is 93.1 Å². The molecule has 0 spiro atoms. The van der Waals surface area contributed by atoms with E-state index in [2.05, 4.69) is 22.5 Å². The van der Waals surface area contributed by atoms with Crippen LogP contribution in [0.2, 0.25) is 0 Å². The van der Waals surface area contributed by atoms with Crippen LogP contribution in [-0.4, -0.2) is 21.9 Å². The first-order chi connectivity index (χ1) is 17.0. The first kappa shape index (κ1) is 23.0. The van der Waals surface area contributed by atoms with Gasteiger partial charge in [-0.2, -0.15) is 14.9 Å². The van der Waals surface area contributed by atoms with E-state index in [0.29, 0.717) is 33.7 Å². The zero-order valence-corrected chi connectivity index (χ0v) is 20.3. The average Bonchev–Trinajstić information content (AvgIpc) is 3.42. The van der Waals surface area contributed by atoms with E-state index in [1.54, 1.807) is 28.2 Å². The number of aromatic nitrogens is 2. The molecule has 1 unspecified atom stereocenters. The van der Waals surface area contributed by atoms with E-state index >= 15 is 0 Å². The smallest absolute Gasteiger partial charge is 0.281 e. The number of ether oxygens (including phenoxy) is 1. The van der Waals surface area contributed by atoms with Crippen LogP contribution in [0, 0.1) is 18.7 Å². The molecular formula is C27H25FN4O2S. The zero-order valence-electron chi connectivity index (χ0n) is 19.5. The summed E-state index contributed by atoms with van der Waals surface area (Å²) in [4.78, 5) is 14.7. The van der Waals surface area contributed by atoms with Crippen LogP contribution in [0.5, 0.6) is 11.6 Å². The molecule has 0 bridgehead atoms. The lowest BCUT2D eigenvalue weighted by Crippen LogP contribution is -2.16. The topological polar surface area (TPSA) is 68.5 Å². The molecule has 0 radical (unpaired) electrons. The van der Waals surface area contributed by atoms with Gasteiger partial charge in [-0.15, -0.1) is 11.3 Å². The third kappa shape index (κ3) is 5.02. The van der Waals surface area contributed by atoms with Gasteiger partial charge < -0.3 is 4.74 Å². The standard InChI is InChI=1S/C27H25FN4O2S/c1-17-8-13-24-19(14-17)15-25(35-24)26(33)30-29-16-23-18(2)31-32(21-6-4-3-5-7-21)27(23)34-22-11-9-20(28)10-12-22/h3-7,9-12,15-17H,8,13-14H2,1-2H3,(H,30,33). The molecule has 6 nitrogen and oxygen atoms in total. The molecule has 8 heteroatoms. The number of hydrazone groups is 1. The SMILES string of the molecule is Cc1nn(-c2ccccc2)c(Oc2ccc(F)cc2)c1C=NNC(=O)c1cc2c(s1)CCC(C)C2. The van der Waals surface area contributed by atoms with Gasteiger partial charge in [0.2, 0.25) is 5.88 Å². The summed E-state index contributed by atoms with van der Waals surface area (Å²) < 4.78 is 21.2. The predicted octanol–water partition coefficient (Wildman–Crippen LogP) is 6.06. The van der Waals surface area contributed by atoms with Crippen LogP contribution in [0.3, 0.4) is 0 Å². The van der Waals surface area contributed by atoms with E-state index in [1.165, 1.54) is 28.8 Å². The minimum atomic E-state index is -0.348. The maximum absolute atomic E-state index is 13.4. The molecular weight excluding hydrogens is 463 g/mol. The van der Waals surface area contributed by atoms with Crippen LogP contribution in [0.1, 0.15) is 44.7 Å². The molecule has 178 valence electrons. The fourth-order valence-corrected chi connectivity index (χ4v) is 5.25. The second kappa shape index (κ2) is 9.84. The Balaban J connectivity index is 1.41. The quantitative estimate of drug-likeness (QED) is 0.265. The highest BCUT2D eigenvalue weighted by Gasteiger charge is 2.21. The summed E-state index contributed by atoms with van der Waals surface area (Å²) in [5.74, 6) is 0.941. The molecule has 5 rings (SSSR count). The summed E-state index contributed by atoms with van der Waals surface area (Å²) in [6.45, 7) is 4.09. The number of halogens is 1. The largest absolute Gasteiger partial charge is 0.438 e. The van der Waals surface area contributed by atoms with Gasteiger partial charge in [-0.3, -0.25) is 4.79 Å². The van der Waals surface area contributed by atoms with Gasteiger partial charge in [-0.25, -0.2) is 9.82 Å². The normalized spacial score (nSPS) is 15.2. The molecule has 0 fully saturated rings. The van der Waals surface area contributed by atoms with Crippen molar-refractivity contribution in [3.8, 4) is 17.3 Å². The number of nitrogens with zero attached hydrogens (tertiary/aromatic N) is 3. The van der Waals surface area contributed by atoms with Crippen LogP contribution in [0.4, 0.5) is 4.39 Å². The number of carbonyl (C=O) groups is 1. The average molecular weight is 489 g/mol. The van der Waals surface area contributed by atoms with Crippen molar-refractivity contribution in [2.75, 3.05) is 0 Å². The number of thiophene rings is 1. The fraction of sp³-hybridized carbons (Fsp3) is 0.222. The summed E-state index contributed by atoms with van der Waals surface area (Å²) in [5, 5.41) is 8.83. The molecule has 0 saturated carbocycles. The van der Waals surface area contributed by atoms with Crippen LogP contribution in [0.25, 0.3) is 5.69 Å². The van der Waals surface area contributed by atoms with Gasteiger partial charge in [0.25, 0.3) is 5.91 Å². The van der Waals surface area contributed by atoms with Crippen LogP contribution < -0.4 is 10.2 Å². The molecule has 2 heterocycles. The van der Waals surface area contributed by atoms with E-state index in [4.69, 9.17) is 4.74 Å². The van der Waals surface area contributed by atoms with Gasteiger partial charge in [0, 0.05) is 4.88 Å². The summed E-state index contributed by atoms with van der Waals surface area (Å²) >= 11 is 1.54. The molecule has 4 aromatic rings. The molecule has 1 N–H and O–H groups in total. The number of hydrogen-bond donors (Lipinski definition) is 1. The first-order valence-corrected chi connectivity index (χ1v) is 12.3. The number of amides is 1. The molecule has 35 heavy (non-hydrogen) atoms. The van der Waals surface area contributed by atoms with Gasteiger partial charge in [-0.05, 0) is 80.1 Å². The number of para-hydroxylation sites is 1. The van der Waals surface area contributed by atoms with Crippen LogP contribution >= 0.6 is 11.3 Å². The predicted molar refractivity (Wildman–Crippen MR) is 135 cm³/mol. The minimum absolute atomic E-state index is 0.234. The molecule has 2 aromatic carbocycles. The van der Waals surface area contributed by atoms with Crippen molar-refractivity contribution in [2.24, 2.45) is 11.0 Å². The maximum atomic E-state index is 13.4. The van der Waals surface area contributed by atoms with Gasteiger partial charge in [0.1, 0.15) is 11.6 Å². The summed E-state index contributed by atoms with van der Waals surface area (Å²) in [5.41, 5.74) is 6.00. The Bertz CT molecular complexity index is 1380. The Hall–Kier alpha value is -3.78. The first-order valence-electron chi connectivity index (χ1n) is 11.5. The highest BCUT2D eigenvalue weighted by molar-refractivity contribution is 7.14. The lowest BCUT2D eigenvalue weighted by molar-refractivity contribution is 0.0959. The molecule has 2 aromatic heterocycles. The van der Waals surface area contributed by atoms with Crippen molar-refractivity contribution in [2.45, 2.75) is 33.1 Å². The van der Waals surface area contributed by atoms with Crippen molar-refractivity contribution >= 4 is 23.5 Å². The van der Waals surface area contributed by atoms with Crippen LogP contribution in [-0.2, 0) is 12.8 Å². The molecule has 0 saturated heterocycles. The lowest BCUT2D eigenvalue weighted by atomic mass is 9.90. The fourth-order valence-electron chi connectivity index (χ4n) is 4.15. The molecule has 1 aliphatic carbocycles. The summed E-state index contributed by atoms with van der Waals surface area (Å²) in [6, 6.07) is 17.3. The summed E-state index contributed by atoms with van der Waals surface area (Å²) in [6.07, 6.45) is 4.74. The van der Waals surface area contributed by atoms with Gasteiger partial charge in [0.05, 0.1) is 28.0 Å². The van der Waals surface area contributed by atoms with E-state index < -0.39 is 0 Å². The minimum Gasteiger partial charge on any atom is -0.438 e. The number of rotatable bonds is 6. The molecule has 0 aliphatic heterocycles. The van der Waals surface area contributed by atoms with Crippen LogP contribution in [0.15, 0.2) is 65.8 Å². The zero-order chi connectivity index (χ0) is 24.4. The maximum Gasteiger partial charge on any atom is 0.281 e. The number of carbonyl (C=O) groups excluding carboxylic acids is 1. The highest BCUT2D eigenvalue weighted by atomic mass is 32.1. The summed E-state index contributed by atoms with van der Waals surface area (Å²) in [7, 11) is 0. The molecule has 1 amide bonds. The van der Waals surface area contributed by atoms with E-state index in [9.17, 15) is 9.18 Å². The van der Waals surface area contributed by atoms with Gasteiger partial charge in [-0.1, -0.05) is 25.1 Å². The third-order valence-electron chi connectivity index (χ3n) is 6.00. The van der Waals surface area contributed by atoms with Crippen molar-refractivity contribution in [1.29, 1.82) is 0 Å². The van der Waals surface area contributed by atoms with E-state index in [1.807, 2.05) is 43.3 Å². The third-order valence-corrected chi connectivity index (χ3v) is 7.24. The monoisotopic (exact) mass is 488 g/mol. The molecule has 1 aliphatic rings. The number of fused-ring (bicyclic) bond motifs is 1. The highest BCUT2D eigenvalue weighted by Crippen LogP contribution is 2.32. The number of nitrogens with one attached hydrogen (secondary N) is 1. The number of hydrogen-bond acceptors (Lipinski definition) is 5. The Morgan fingerprint density at radius 2 is 2.00 bits per heavy atom. The number of benzene rings is 2. The number of aryl methyl sites for hydroxylation is 2. The second-order valence-electron chi connectivity index (χ2n) is 8.71. The molecule has 1 atom stereocenters. The van der Waals surface area contributed by atoms with Crippen molar-refractivity contribution < 1.29 is 13.9 Å². The second-order valence-corrected chi connectivity index (χ2v) is 9.85. The van der Waals surface area contributed by atoms with Gasteiger partial charge in [0.15, 0.2) is 0 Å². The Kier molecular flexibility index (Phi) is 6.46. The van der Waals surface area contributed by atoms with E-state index in [-0.39, 0.29) is 11.7 Å². The Morgan fingerprint density at radius 1 is 1.23 bits per heavy atom. The lowest BCUT2D eigenvalue weighted by Gasteiger charge is -2.16.